The van der Waals surface area contributed by atoms with E-state index in [0.29, 0.717) is 64.1 Å². The molecule has 0 saturated heterocycles. The first kappa shape index (κ1) is 79.3. The molecule has 106 heavy (non-hydrogen) atoms. The average Bonchev–Trinajstić information content (AvgIpc) is 0.724. The Kier molecular flexibility index (Phi) is 22.7. The molecule has 11 aromatic rings. The van der Waals surface area contributed by atoms with E-state index >= 15 is 26.3 Å². The topological polar surface area (TPSA) is 130 Å². The summed E-state index contributed by atoms with van der Waals surface area (Å²) >= 11 is -2.14. The smallest absolute Gasteiger partial charge is 0.0608 e. The van der Waals surface area contributed by atoms with E-state index in [2.05, 4.69) is 0 Å². The van der Waals surface area contributed by atoms with Gasteiger partial charge in [-0.25, -0.2) is 43.9 Å². The maximum absolute atomic E-state index is 15.6. The normalized spacial score (nSPS) is 12.8. The molecule has 0 aliphatic rings. The first-order chi connectivity index (χ1) is 49.8. The third-order valence-corrected chi connectivity index (χ3v) is 37.3. The minimum Gasteiger partial charge on any atom is -0.0608 e. The van der Waals surface area contributed by atoms with Crippen molar-refractivity contribution in [2.75, 3.05) is 0 Å². The van der Waals surface area contributed by atoms with Crippen molar-refractivity contribution in [3.05, 3.63) is 309 Å². The summed E-state index contributed by atoms with van der Waals surface area (Å²) in [6.45, 7) is 13.2. The summed E-state index contributed by atoms with van der Waals surface area (Å²) in [6, 6.07) is 42.0. The van der Waals surface area contributed by atoms with Gasteiger partial charge >= 0.3 is 369 Å². The Morgan fingerprint density at radius 3 is 0.708 bits per heavy atom. The standard InChI is InChI=1S/C74H52F15IO9S7/c1-37-13-9-17-53(41(37)5)102(54-18-10-14-38(2)42(54)6,98-105(93,94)73-68(86)62(80)58(76)63(81)69(73)87)51-33-29-49(30-34-51)100-47-25-21-45(22-26-47)90(97-104(91,92)72-66(84)60(78)57(75)61(79)67(72)85)46-23-27-48(28-24-46)101-50-31-35-52(36-32-50)103(55-19-11-15-39(3)43(55)7,56-20-12-16-40(4)44(56)8)99-106(95,96)74-70(88)64(82)59(77)65(83)71(74)89/h9-36H,1-8H3. The second-order valence-electron chi connectivity index (χ2n) is 23.5. The zero-order valence-corrected chi connectivity index (χ0v) is 63.6. The van der Waals surface area contributed by atoms with E-state index in [-0.39, 0.29) is 36.5 Å². The fourth-order valence-corrected chi connectivity index (χ4v) is 31.4. The molecule has 32 heteroatoms. The van der Waals surface area contributed by atoms with Crippen molar-refractivity contribution in [2.24, 2.45) is 0 Å². The zero-order chi connectivity index (χ0) is 77.4. The molecule has 0 heterocycles. The molecular weight excluding hydrogens is 1670 g/mol. The SMILES string of the molecule is Cc1cccc(S(OS(=O)(=O)c2c(F)c(F)c(F)c(F)c2F)(c2ccc(Sc3ccc(I(OS(=O)(=O)c4c(F)c(F)c(F)c(F)c4F)c4ccc(Sc5ccc(S(OS(=O)(=O)c6c(F)c(F)c(F)c(F)c6F)(c6cccc(C)c6C)c6cccc(C)c6C)cc5)cc4)cc3)cc2)c2cccc(C)c2C)c1C. The summed E-state index contributed by atoms with van der Waals surface area (Å²) in [5.41, 5.74) is 4.07. The van der Waals surface area contributed by atoms with Gasteiger partial charge in [0.2, 0.25) is 11.6 Å². The van der Waals surface area contributed by atoms with Crippen molar-refractivity contribution in [2.45, 2.75) is 119 Å². The van der Waals surface area contributed by atoms with Gasteiger partial charge in [0.25, 0.3) is 0 Å². The molecule has 0 amide bonds. The van der Waals surface area contributed by atoms with E-state index in [1.54, 1.807) is 104 Å². The number of benzene rings is 11. The van der Waals surface area contributed by atoms with Crippen molar-refractivity contribution in [1.82, 2.24) is 0 Å². The van der Waals surface area contributed by atoms with E-state index in [1.165, 1.54) is 121 Å². The molecule has 0 unspecified atom stereocenters. The van der Waals surface area contributed by atoms with Gasteiger partial charge in [0, 0.05) is 0 Å². The predicted octanol–water partition coefficient (Wildman–Crippen LogP) is 22.6. The van der Waals surface area contributed by atoms with Crippen LogP contribution in [0, 0.1) is 150 Å². The van der Waals surface area contributed by atoms with Crippen LogP contribution in [-0.4, -0.2) is 25.3 Å². The van der Waals surface area contributed by atoms with Crippen LogP contribution in [0.3, 0.4) is 0 Å². The van der Waals surface area contributed by atoms with E-state index in [1.807, 2.05) is 0 Å². The molecule has 0 aliphatic heterocycles. The summed E-state index contributed by atoms with van der Waals surface area (Å²) in [5, 5.41) is 0. The average molecular weight is 1720 g/mol. The van der Waals surface area contributed by atoms with Gasteiger partial charge in [-0.2, -0.15) is 16.8 Å². The van der Waals surface area contributed by atoms with Crippen LogP contribution in [0.15, 0.2) is 233 Å². The Morgan fingerprint density at radius 1 is 0.264 bits per heavy atom. The van der Waals surface area contributed by atoms with Crippen molar-refractivity contribution in [3.8, 4) is 0 Å². The van der Waals surface area contributed by atoms with Crippen molar-refractivity contribution >= 4 is 94.7 Å². The summed E-state index contributed by atoms with van der Waals surface area (Å²) in [6.07, 6.45) is 0. The minimum absolute atomic E-state index is 0.0530. The number of aryl methyl sites for hydroxylation is 4. The Bertz CT molecular complexity index is 5260. The molecular formula is C74H52F15IO9S7. The van der Waals surface area contributed by atoms with Gasteiger partial charge in [0.15, 0.2) is 56.3 Å². The molecule has 0 atom stereocenters. The molecule has 11 aromatic carbocycles. The Hall–Kier alpha value is -7.77. The summed E-state index contributed by atoms with van der Waals surface area (Å²) < 4.78 is 329. The quantitative estimate of drug-likeness (QED) is 0.0295. The minimum atomic E-state index is -5.98. The molecule has 0 aromatic heterocycles. The number of halogens is 16. The predicted molar refractivity (Wildman–Crippen MR) is 377 cm³/mol. The van der Waals surface area contributed by atoms with Gasteiger partial charge in [-0.05, 0) is 77.6 Å². The summed E-state index contributed by atoms with van der Waals surface area (Å²) in [5.74, 6) is -39.3. The molecule has 11 rings (SSSR count). The monoisotopic (exact) mass is 1720 g/mol. The molecule has 556 valence electrons. The molecule has 0 N–H and O–H groups in total. The third kappa shape index (κ3) is 14.3. The van der Waals surface area contributed by atoms with E-state index < -0.39 is 173 Å². The van der Waals surface area contributed by atoms with Gasteiger partial charge in [-0.15, -0.1) is 0 Å². The Balaban J connectivity index is 0.957. The van der Waals surface area contributed by atoms with Gasteiger partial charge < -0.3 is 0 Å². The Labute approximate surface area is 618 Å². The van der Waals surface area contributed by atoms with Crippen molar-refractivity contribution in [3.63, 3.8) is 0 Å². The second-order valence-corrected chi connectivity index (χ2v) is 40.8. The molecule has 0 spiro atoms. The zero-order valence-electron chi connectivity index (χ0n) is 55.7. The molecule has 0 saturated carbocycles. The van der Waals surface area contributed by atoms with Crippen LogP contribution in [-0.2, 0) is 40.1 Å². The van der Waals surface area contributed by atoms with Crippen molar-refractivity contribution in [1.29, 1.82) is 0 Å². The molecule has 9 nitrogen and oxygen atoms in total. The van der Waals surface area contributed by atoms with Crippen LogP contribution in [0.5, 0.6) is 0 Å². The van der Waals surface area contributed by atoms with Crippen LogP contribution in [0.25, 0.3) is 0 Å². The third-order valence-electron chi connectivity index (χ3n) is 17.1. The molecule has 0 fully saturated rings. The van der Waals surface area contributed by atoms with Gasteiger partial charge in [-0.1, -0.05) is 48.5 Å². The number of hydrogen-bond donors (Lipinski definition) is 0. The molecule has 0 bridgehead atoms. The second kappa shape index (κ2) is 30.4. The first-order valence-corrected chi connectivity index (χ1v) is 42.6. The van der Waals surface area contributed by atoms with Crippen molar-refractivity contribution < 1.29 is 101 Å². The summed E-state index contributed by atoms with van der Waals surface area (Å²) in [7, 11) is -25.6. The number of hydrogen-bond acceptors (Lipinski definition) is 11. The van der Waals surface area contributed by atoms with Crippen LogP contribution < -0.4 is 0 Å². The van der Waals surface area contributed by atoms with Gasteiger partial charge in [0.1, 0.15) is 0 Å². The fourth-order valence-electron chi connectivity index (χ4n) is 11.1. The van der Waals surface area contributed by atoms with Crippen LogP contribution in [0.2, 0.25) is 0 Å². The van der Waals surface area contributed by atoms with Crippen LogP contribution >= 0.6 is 64.4 Å². The molecule has 0 aliphatic carbocycles. The van der Waals surface area contributed by atoms with Crippen LogP contribution in [0.4, 0.5) is 65.9 Å². The fraction of sp³-hybridized carbons (Fsp3) is 0.108. The first-order valence-electron chi connectivity index (χ1n) is 30.6. The number of rotatable bonds is 21. The van der Waals surface area contributed by atoms with E-state index in [4.69, 9.17) is 9.77 Å². The van der Waals surface area contributed by atoms with Crippen LogP contribution in [0.1, 0.15) is 44.5 Å². The molecule has 0 radical (unpaired) electrons. The van der Waals surface area contributed by atoms with E-state index in [0.717, 1.165) is 23.5 Å². The Morgan fingerprint density at radius 2 is 0.472 bits per heavy atom. The van der Waals surface area contributed by atoms with E-state index in [9.17, 15) is 64.8 Å². The van der Waals surface area contributed by atoms with Gasteiger partial charge in [-0.3, -0.25) is 0 Å². The maximum atomic E-state index is 15.6. The summed E-state index contributed by atoms with van der Waals surface area (Å²) in [4.78, 5) is -4.43. The van der Waals surface area contributed by atoms with Gasteiger partial charge in [0.05, 0.1) is 0 Å².